The number of benzene rings is 3. The second kappa shape index (κ2) is 11.1. The molecular formula is C29H32ClN3O2. The van der Waals surface area contributed by atoms with E-state index in [-0.39, 0.29) is 0 Å². The molecule has 1 fully saturated rings. The second-order valence-corrected chi connectivity index (χ2v) is 9.51. The monoisotopic (exact) mass is 489 g/mol. The lowest BCUT2D eigenvalue weighted by molar-refractivity contribution is 0.238. The van der Waals surface area contributed by atoms with E-state index in [0.717, 1.165) is 72.2 Å². The minimum atomic E-state index is 0.656. The molecule has 5 nitrogen and oxygen atoms in total. The van der Waals surface area contributed by atoms with Crippen molar-refractivity contribution in [1.29, 1.82) is 0 Å². The maximum absolute atomic E-state index is 6.12. The standard InChI is InChI=1S/C29H32ClN3O2/c1-2-3-17-33-28-21-25(34-19-18-32-15-4-5-16-32)13-14-27(28)31-29(33)22-9-11-24(12-10-22)35-26-8-6-7-23(30)20-26/h6-14,20-21H,2-5,15-19H2,1H3. The molecule has 5 rings (SSSR count). The molecule has 4 aromatic rings. The van der Waals surface area contributed by atoms with E-state index in [0.29, 0.717) is 5.02 Å². The van der Waals surface area contributed by atoms with Crippen LogP contribution in [0.5, 0.6) is 17.2 Å². The molecule has 182 valence electrons. The normalized spacial score (nSPS) is 14.0. The van der Waals surface area contributed by atoms with Crippen LogP contribution in [0.3, 0.4) is 0 Å². The number of nitrogens with zero attached hydrogens (tertiary/aromatic N) is 3. The molecule has 35 heavy (non-hydrogen) atoms. The predicted molar refractivity (Wildman–Crippen MR) is 143 cm³/mol. The van der Waals surface area contributed by atoms with E-state index in [1.165, 1.54) is 25.9 Å². The molecule has 0 radical (unpaired) electrons. The van der Waals surface area contributed by atoms with Crippen molar-refractivity contribution in [3.8, 4) is 28.6 Å². The first kappa shape index (κ1) is 23.7. The summed E-state index contributed by atoms with van der Waals surface area (Å²) in [5, 5.41) is 0.656. The number of fused-ring (bicyclic) bond motifs is 1. The van der Waals surface area contributed by atoms with Gasteiger partial charge in [-0.15, -0.1) is 0 Å². The van der Waals surface area contributed by atoms with Gasteiger partial charge in [0, 0.05) is 29.7 Å². The molecule has 0 saturated carbocycles. The van der Waals surface area contributed by atoms with E-state index >= 15 is 0 Å². The summed E-state index contributed by atoms with van der Waals surface area (Å²) in [6.07, 6.45) is 4.82. The Kier molecular flexibility index (Phi) is 7.55. The van der Waals surface area contributed by atoms with E-state index in [1.54, 1.807) is 0 Å². The highest BCUT2D eigenvalue weighted by atomic mass is 35.5. The molecule has 0 bridgehead atoms. The first-order valence-electron chi connectivity index (χ1n) is 12.6. The van der Waals surface area contributed by atoms with Crippen LogP contribution >= 0.6 is 11.6 Å². The summed E-state index contributed by atoms with van der Waals surface area (Å²) < 4.78 is 14.4. The highest BCUT2D eigenvalue weighted by molar-refractivity contribution is 6.30. The fourth-order valence-electron chi connectivity index (χ4n) is 4.59. The summed E-state index contributed by atoms with van der Waals surface area (Å²) in [6.45, 7) is 7.22. The fourth-order valence-corrected chi connectivity index (χ4v) is 4.77. The Balaban J connectivity index is 1.37. The number of imidazole rings is 1. The number of aryl methyl sites for hydroxylation is 1. The third-order valence-electron chi connectivity index (χ3n) is 6.47. The van der Waals surface area contributed by atoms with Crippen LogP contribution in [0, 0.1) is 0 Å². The lowest BCUT2D eigenvalue weighted by Gasteiger charge is -2.15. The van der Waals surface area contributed by atoms with Gasteiger partial charge in [-0.1, -0.05) is 31.0 Å². The Morgan fingerprint density at radius 1 is 0.886 bits per heavy atom. The molecule has 0 N–H and O–H groups in total. The molecule has 1 aliphatic heterocycles. The zero-order valence-electron chi connectivity index (χ0n) is 20.3. The molecule has 0 unspecified atom stereocenters. The van der Waals surface area contributed by atoms with Crippen molar-refractivity contribution in [2.24, 2.45) is 0 Å². The molecule has 1 saturated heterocycles. The van der Waals surface area contributed by atoms with E-state index in [4.69, 9.17) is 26.1 Å². The van der Waals surface area contributed by atoms with Crippen molar-refractivity contribution < 1.29 is 9.47 Å². The van der Waals surface area contributed by atoms with E-state index in [1.807, 2.05) is 42.5 Å². The molecule has 3 aromatic carbocycles. The summed E-state index contributed by atoms with van der Waals surface area (Å²) in [5.74, 6) is 3.36. The topological polar surface area (TPSA) is 39.5 Å². The van der Waals surface area contributed by atoms with Crippen LogP contribution in [0.1, 0.15) is 32.6 Å². The molecule has 0 spiro atoms. The minimum Gasteiger partial charge on any atom is -0.492 e. The van der Waals surface area contributed by atoms with Gasteiger partial charge in [-0.25, -0.2) is 4.98 Å². The third kappa shape index (κ3) is 5.80. The summed E-state index contributed by atoms with van der Waals surface area (Å²) in [4.78, 5) is 7.46. The van der Waals surface area contributed by atoms with Gasteiger partial charge in [-0.3, -0.25) is 4.90 Å². The highest BCUT2D eigenvalue weighted by Gasteiger charge is 2.15. The molecule has 1 aliphatic rings. The van der Waals surface area contributed by atoms with Crippen molar-refractivity contribution in [2.45, 2.75) is 39.2 Å². The third-order valence-corrected chi connectivity index (χ3v) is 6.71. The smallest absolute Gasteiger partial charge is 0.141 e. The molecule has 6 heteroatoms. The van der Waals surface area contributed by atoms with Gasteiger partial charge in [0.05, 0.1) is 11.0 Å². The van der Waals surface area contributed by atoms with Gasteiger partial charge < -0.3 is 14.0 Å². The number of likely N-dealkylation sites (tertiary alicyclic amines) is 1. The highest BCUT2D eigenvalue weighted by Crippen LogP contribution is 2.31. The zero-order valence-corrected chi connectivity index (χ0v) is 21.0. The van der Waals surface area contributed by atoms with E-state index in [2.05, 4.69) is 40.7 Å². The van der Waals surface area contributed by atoms with Crippen LogP contribution in [0.4, 0.5) is 0 Å². The second-order valence-electron chi connectivity index (χ2n) is 9.07. The average Bonchev–Trinajstić information content (AvgIpc) is 3.51. The number of aromatic nitrogens is 2. The Hall–Kier alpha value is -3.02. The van der Waals surface area contributed by atoms with Crippen LogP contribution in [-0.2, 0) is 6.54 Å². The zero-order chi connectivity index (χ0) is 24.0. The Morgan fingerprint density at radius 3 is 2.46 bits per heavy atom. The Morgan fingerprint density at radius 2 is 1.69 bits per heavy atom. The van der Waals surface area contributed by atoms with Crippen molar-refractivity contribution in [1.82, 2.24) is 14.5 Å². The molecule has 1 aromatic heterocycles. The summed E-state index contributed by atoms with van der Waals surface area (Å²) in [5.41, 5.74) is 3.17. The minimum absolute atomic E-state index is 0.656. The molecule has 2 heterocycles. The van der Waals surface area contributed by atoms with Crippen molar-refractivity contribution in [3.63, 3.8) is 0 Å². The van der Waals surface area contributed by atoms with Crippen LogP contribution < -0.4 is 9.47 Å². The van der Waals surface area contributed by atoms with Gasteiger partial charge in [0.25, 0.3) is 0 Å². The Bertz CT molecular complexity index is 1260. The van der Waals surface area contributed by atoms with Gasteiger partial charge in [-0.2, -0.15) is 0 Å². The van der Waals surface area contributed by atoms with Crippen molar-refractivity contribution in [3.05, 3.63) is 71.8 Å². The van der Waals surface area contributed by atoms with Crippen LogP contribution in [0.15, 0.2) is 66.7 Å². The van der Waals surface area contributed by atoms with Gasteiger partial charge in [0.1, 0.15) is 29.7 Å². The quantitative estimate of drug-likeness (QED) is 0.232. The summed E-state index contributed by atoms with van der Waals surface area (Å²) >= 11 is 6.08. The first-order chi connectivity index (χ1) is 17.2. The van der Waals surface area contributed by atoms with E-state index in [9.17, 15) is 0 Å². The van der Waals surface area contributed by atoms with Gasteiger partial charge in [0.2, 0.25) is 0 Å². The maximum Gasteiger partial charge on any atom is 0.141 e. The first-order valence-corrected chi connectivity index (χ1v) is 13.0. The number of unbranched alkanes of at least 4 members (excludes halogenated alkanes) is 1. The number of ether oxygens (including phenoxy) is 2. The van der Waals surface area contributed by atoms with Crippen LogP contribution in [0.25, 0.3) is 22.4 Å². The lowest BCUT2D eigenvalue weighted by atomic mass is 10.2. The largest absolute Gasteiger partial charge is 0.492 e. The molecule has 0 atom stereocenters. The number of halogens is 1. The van der Waals surface area contributed by atoms with Gasteiger partial charge >= 0.3 is 0 Å². The van der Waals surface area contributed by atoms with E-state index < -0.39 is 0 Å². The predicted octanol–water partition coefficient (Wildman–Crippen LogP) is 7.42. The van der Waals surface area contributed by atoms with Crippen molar-refractivity contribution >= 4 is 22.6 Å². The average molecular weight is 490 g/mol. The molecule has 0 aliphatic carbocycles. The number of hydrogen-bond donors (Lipinski definition) is 0. The maximum atomic E-state index is 6.12. The van der Waals surface area contributed by atoms with Crippen molar-refractivity contribution in [2.75, 3.05) is 26.2 Å². The molecule has 0 amide bonds. The van der Waals surface area contributed by atoms with Crippen LogP contribution in [0.2, 0.25) is 5.02 Å². The van der Waals surface area contributed by atoms with Gasteiger partial charge in [0.15, 0.2) is 0 Å². The fraction of sp³-hybridized carbons (Fsp3) is 0.345. The number of hydrogen-bond acceptors (Lipinski definition) is 4. The Labute approximate surface area is 212 Å². The SMILES string of the molecule is CCCCn1c(-c2ccc(Oc3cccc(Cl)c3)cc2)nc2ccc(OCCN3CCCC3)cc21. The number of rotatable bonds is 10. The van der Waals surface area contributed by atoms with Crippen LogP contribution in [-0.4, -0.2) is 40.7 Å². The lowest BCUT2D eigenvalue weighted by Crippen LogP contribution is -2.25. The molecular weight excluding hydrogens is 458 g/mol. The van der Waals surface area contributed by atoms with Gasteiger partial charge in [-0.05, 0) is 86.9 Å². The summed E-state index contributed by atoms with van der Waals surface area (Å²) in [6, 6.07) is 21.8. The summed E-state index contributed by atoms with van der Waals surface area (Å²) in [7, 11) is 0.